The monoisotopic (exact) mass is 318 g/mol. The Bertz CT molecular complexity index is 652. The summed E-state index contributed by atoms with van der Waals surface area (Å²) >= 11 is 5.82. The van der Waals surface area contributed by atoms with Crippen molar-refractivity contribution in [3.63, 3.8) is 0 Å². The Labute approximate surface area is 146 Å². The molecule has 0 unspecified atom stereocenters. The van der Waals surface area contributed by atoms with Gasteiger partial charge in [0, 0.05) is 10.8 Å². The molecular formula is C14H12ClNaO3S. The minimum absolute atomic E-state index is 0. The standard InChI is InChI=1S/C14H13ClO3S.Na/c15-14-7-5-13(6-8-14)12-3-1-11(2-4-12)9-10-19(16,17)18;/h1-8H,9-10H2,(H,16,17,18);/q;+1/p-1. The third-order valence-electron chi connectivity index (χ3n) is 2.77. The van der Waals surface area contributed by atoms with E-state index in [2.05, 4.69) is 0 Å². The van der Waals surface area contributed by atoms with E-state index >= 15 is 0 Å². The minimum atomic E-state index is -4.15. The van der Waals surface area contributed by atoms with E-state index in [9.17, 15) is 13.0 Å². The Balaban J connectivity index is 0.00000200. The Hall–Kier alpha value is -0.360. The Morgan fingerprint density at radius 2 is 1.35 bits per heavy atom. The van der Waals surface area contributed by atoms with E-state index in [1.807, 2.05) is 48.5 Å². The number of halogens is 1. The van der Waals surface area contributed by atoms with E-state index in [1.54, 1.807) is 0 Å². The molecule has 0 aliphatic carbocycles. The van der Waals surface area contributed by atoms with Gasteiger partial charge in [-0.25, -0.2) is 8.42 Å². The van der Waals surface area contributed by atoms with Crippen LogP contribution >= 0.6 is 11.6 Å². The van der Waals surface area contributed by atoms with Crippen molar-refractivity contribution in [1.82, 2.24) is 0 Å². The largest absolute Gasteiger partial charge is 1.00 e. The average Bonchev–Trinajstić information content (AvgIpc) is 2.37. The second kappa shape index (κ2) is 7.59. The van der Waals surface area contributed by atoms with Crippen molar-refractivity contribution in [3.8, 4) is 11.1 Å². The molecule has 20 heavy (non-hydrogen) atoms. The fraction of sp³-hybridized carbons (Fsp3) is 0.143. The maximum atomic E-state index is 10.6. The van der Waals surface area contributed by atoms with E-state index in [0.29, 0.717) is 5.02 Å². The third kappa shape index (κ3) is 5.56. The van der Waals surface area contributed by atoms with Crippen LogP contribution in [0.25, 0.3) is 11.1 Å². The molecule has 3 nitrogen and oxygen atoms in total. The Morgan fingerprint density at radius 3 is 1.80 bits per heavy atom. The fourth-order valence-corrected chi connectivity index (χ4v) is 2.36. The van der Waals surface area contributed by atoms with Crippen LogP contribution in [-0.4, -0.2) is 18.7 Å². The summed E-state index contributed by atoms with van der Waals surface area (Å²) in [6.45, 7) is 0. The van der Waals surface area contributed by atoms with Crippen molar-refractivity contribution >= 4 is 21.7 Å². The summed E-state index contributed by atoms with van der Waals surface area (Å²) in [7, 11) is -4.15. The summed E-state index contributed by atoms with van der Waals surface area (Å²) in [5.74, 6) is -0.368. The molecule has 0 bridgehead atoms. The normalized spacial score (nSPS) is 10.9. The molecule has 0 N–H and O–H groups in total. The summed E-state index contributed by atoms with van der Waals surface area (Å²) in [6.07, 6.45) is 0.243. The molecule has 6 heteroatoms. The SMILES string of the molecule is O=S(=O)([O-])CCc1ccc(-c2ccc(Cl)cc2)cc1.[Na+]. The van der Waals surface area contributed by atoms with Gasteiger partial charge in [-0.15, -0.1) is 0 Å². The molecule has 2 rings (SSSR count). The molecule has 0 amide bonds. The zero-order chi connectivity index (χ0) is 13.9. The molecule has 0 saturated carbocycles. The van der Waals surface area contributed by atoms with E-state index in [4.69, 9.17) is 11.6 Å². The first-order chi connectivity index (χ1) is 8.94. The van der Waals surface area contributed by atoms with Gasteiger partial charge in [-0.2, -0.15) is 0 Å². The van der Waals surface area contributed by atoms with Crippen LogP contribution in [0.15, 0.2) is 48.5 Å². The van der Waals surface area contributed by atoms with Crippen molar-refractivity contribution < 1.29 is 42.5 Å². The molecule has 2 aromatic carbocycles. The zero-order valence-corrected chi connectivity index (χ0v) is 14.6. The van der Waals surface area contributed by atoms with Gasteiger partial charge in [-0.3, -0.25) is 0 Å². The minimum Gasteiger partial charge on any atom is -0.748 e. The molecule has 2 aromatic rings. The first-order valence-corrected chi connectivity index (χ1v) is 7.68. The number of aryl methyl sites for hydroxylation is 1. The van der Waals surface area contributed by atoms with Crippen LogP contribution in [0.4, 0.5) is 0 Å². The Morgan fingerprint density at radius 1 is 0.900 bits per heavy atom. The maximum absolute atomic E-state index is 10.6. The quantitative estimate of drug-likeness (QED) is 0.593. The Kier molecular flexibility index (Phi) is 6.72. The van der Waals surface area contributed by atoms with Crippen molar-refractivity contribution in [3.05, 3.63) is 59.1 Å². The second-order valence-corrected chi connectivity index (χ2v) is 6.18. The van der Waals surface area contributed by atoms with Crippen molar-refractivity contribution in [2.45, 2.75) is 6.42 Å². The van der Waals surface area contributed by atoms with Crippen molar-refractivity contribution in [2.24, 2.45) is 0 Å². The van der Waals surface area contributed by atoms with Crippen LogP contribution in [-0.2, 0) is 16.5 Å². The van der Waals surface area contributed by atoms with Gasteiger partial charge in [0.15, 0.2) is 0 Å². The molecule has 100 valence electrons. The molecule has 0 spiro atoms. The van der Waals surface area contributed by atoms with Crippen LogP contribution in [0, 0.1) is 0 Å². The summed E-state index contributed by atoms with van der Waals surface area (Å²) in [5, 5.41) is 0.682. The van der Waals surface area contributed by atoms with Crippen LogP contribution in [0.2, 0.25) is 5.02 Å². The van der Waals surface area contributed by atoms with Crippen LogP contribution in [0.3, 0.4) is 0 Å². The van der Waals surface area contributed by atoms with Gasteiger partial charge in [0.2, 0.25) is 0 Å². The van der Waals surface area contributed by atoms with Crippen LogP contribution in [0.5, 0.6) is 0 Å². The molecule has 0 saturated heterocycles. The molecule has 0 heterocycles. The predicted molar refractivity (Wildman–Crippen MR) is 75.2 cm³/mol. The summed E-state index contributed by atoms with van der Waals surface area (Å²) in [6, 6.07) is 14.9. The predicted octanol–water partition coefficient (Wildman–Crippen LogP) is 0.0987. The molecule has 0 fully saturated rings. The molecule has 0 aliphatic rings. The first-order valence-electron chi connectivity index (χ1n) is 5.72. The van der Waals surface area contributed by atoms with Gasteiger partial charge in [-0.05, 0) is 35.2 Å². The summed E-state index contributed by atoms with van der Waals surface area (Å²) < 4.78 is 31.7. The number of hydrogen-bond donors (Lipinski definition) is 0. The van der Waals surface area contributed by atoms with Gasteiger partial charge in [0.05, 0.1) is 10.1 Å². The summed E-state index contributed by atoms with van der Waals surface area (Å²) in [5.41, 5.74) is 2.88. The van der Waals surface area contributed by atoms with E-state index < -0.39 is 10.1 Å². The van der Waals surface area contributed by atoms with Crippen molar-refractivity contribution in [1.29, 1.82) is 0 Å². The van der Waals surface area contributed by atoms with Crippen LogP contribution < -0.4 is 29.6 Å². The number of rotatable bonds is 4. The molecule has 0 atom stereocenters. The van der Waals surface area contributed by atoms with E-state index in [1.165, 1.54) is 0 Å². The average molecular weight is 319 g/mol. The fourth-order valence-electron chi connectivity index (χ4n) is 1.75. The third-order valence-corrected chi connectivity index (χ3v) is 3.73. The van der Waals surface area contributed by atoms with E-state index in [0.717, 1.165) is 16.7 Å². The topological polar surface area (TPSA) is 57.2 Å². The van der Waals surface area contributed by atoms with Crippen LogP contribution in [0.1, 0.15) is 5.56 Å². The van der Waals surface area contributed by atoms with Gasteiger partial charge >= 0.3 is 29.6 Å². The molecule has 0 radical (unpaired) electrons. The first kappa shape index (κ1) is 17.7. The smallest absolute Gasteiger partial charge is 0.748 e. The second-order valence-electron chi connectivity index (χ2n) is 4.22. The van der Waals surface area contributed by atoms with Gasteiger partial charge in [-0.1, -0.05) is 48.0 Å². The number of benzene rings is 2. The van der Waals surface area contributed by atoms with Gasteiger partial charge in [0.25, 0.3) is 0 Å². The van der Waals surface area contributed by atoms with E-state index in [-0.39, 0.29) is 41.7 Å². The molecule has 0 aromatic heterocycles. The van der Waals surface area contributed by atoms with Gasteiger partial charge < -0.3 is 4.55 Å². The van der Waals surface area contributed by atoms with Crippen molar-refractivity contribution in [2.75, 3.05) is 5.75 Å². The van der Waals surface area contributed by atoms with Gasteiger partial charge in [0.1, 0.15) is 0 Å². The zero-order valence-electron chi connectivity index (χ0n) is 11.0. The maximum Gasteiger partial charge on any atom is 1.00 e. The summed E-state index contributed by atoms with van der Waals surface area (Å²) in [4.78, 5) is 0. The number of hydrogen-bond acceptors (Lipinski definition) is 3. The molecular weight excluding hydrogens is 307 g/mol. The molecule has 0 aliphatic heterocycles.